The van der Waals surface area contributed by atoms with E-state index in [0.717, 1.165) is 11.3 Å². The summed E-state index contributed by atoms with van der Waals surface area (Å²) >= 11 is 0. The molecule has 2 aromatic carbocycles. The van der Waals surface area contributed by atoms with E-state index in [1.807, 2.05) is 43.3 Å². The van der Waals surface area contributed by atoms with Crippen molar-refractivity contribution in [2.75, 3.05) is 5.32 Å². The molecule has 2 aromatic heterocycles. The van der Waals surface area contributed by atoms with E-state index < -0.39 is 0 Å². The first-order chi connectivity index (χ1) is 14.6. The molecule has 0 aliphatic carbocycles. The molecule has 0 bridgehead atoms. The van der Waals surface area contributed by atoms with Crippen LogP contribution in [-0.4, -0.2) is 15.7 Å². The van der Waals surface area contributed by atoms with E-state index in [4.69, 9.17) is 9.15 Å². The maximum absolute atomic E-state index is 12.5. The summed E-state index contributed by atoms with van der Waals surface area (Å²) in [4.78, 5) is 12.5. The van der Waals surface area contributed by atoms with Gasteiger partial charge >= 0.3 is 0 Å². The van der Waals surface area contributed by atoms with Gasteiger partial charge in [-0.15, -0.1) is 0 Å². The molecular weight excluding hydrogens is 378 g/mol. The molecule has 0 aliphatic heterocycles. The Morgan fingerprint density at radius 1 is 1.03 bits per heavy atom. The van der Waals surface area contributed by atoms with Gasteiger partial charge in [0.1, 0.15) is 18.1 Å². The summed E-state index contributed by atoms with van der Waals surface area (Å²) < 4.78 is 13.2. The second kappa shape index (κ2) is 8.69. The van der Waals surface area contributed by atoms with Crippen molar-refractivity contribution in [2.24, 2.45) is 0 Å². The predicted molar refractivity (Wildman–Crippen MR) is 115 cm³/mol. The van der Waals surface area contributed by atoms with Crippen LogP contribution in [0.5, 0.6) is 5.75 Å². The Kier molecular flexibility index (Phi) is 5.66. The highest BCUT2D eigenvalue weighted by atomic mass is 16.5. The van der Waals surface area contributed by atoms with Gasteiger partial charge < -0.3 is 14.5 Å². The van der Waals surface area contributed by atoms with Crippen LogP contribution in [0.2, 0.25) is 0 Å². The molecule has 0 saturated carbocycles. The van der Waals surface area contributed by atoms with Crippen LogP contribution in [0.15, 0.2) is 77.5 Å². The Hall–Kier alpha value is -3.80. The third-order valence-electron chi connectivity index (χ3n) is 4.83. The summed E-state index contributed by atoms with van der Waals surface area (Å²) in [5.41, 5.74) is 4.05. The van der Waals surface area contributed by atoms with Crippen LogP contribution in [0.25, 0.3) is 0 Å². The van der Waals surface area contributed by atoms with E-state index in [1.165, 1.54) is 11.1 Å². The molecule has 0 atom stereocenters. The first-order valence-corrected chi connectivity index (χ1v) is 9.74. The molecule has 1 N–H and O–H groups in total. The topological polar surface area (TPSA) is 69.3 Å². The van der Waals surface area contributed by atoms with Crippen molar-refractivity contribution in [1.29, 1.82) is 0 Å². The molecule has 0 fully saturated rings. The number of nitrogens with one attached hydrogen (secondary N) is 1. The van der Waals surface area contributed by atoms with Crippen molar-refractivity contribution in [3.63, 3.8) is 0 Å². The van der Waals surface area contributed by atoms with Crippen molar-refractivity contribution in [3.8, 4) is 5.75 Å². The molecule has 0 radical (unpaired) electrons. The molecule has 152 valence electrons. The average Bonchev–Trinajstić information content (AvgIpc) is 3.39. The number of anilines is 1. The van der Waals surface area contributed by atoms with Crippen molar-refractivity contribution in [1.82, 2.24) is 9.78 Å². The van der Waals surface area contributed by atoms with Crippen molar-refractivity contribution < 1.29 is 13.9 Å². The largest absolute Gasteiger partial charge is 0.485 e. The molecule has 1 amide bonds. The molecule has 0 aliphatic rings. The van der Waals surface area contributed by atoms with Crippen LogP contribution in [0.1, 0.15) is 33.0 Å². The molecule has 0 unspecified atom stereocenters. The van der Waals surface area contributed by atoms with Gasteiger partial charge in [-0.05, 0) is 48.7 Å². The van der Waals surface area contributed by atoms with E-state index in [1.54, 1.807) is 29.2 Å². The molecule has 0 saturated heterocycles. The van der Waals surface area contributed by atoms with E-state index in [-0.39, 0.29) is 18.3 Å². The Labute approximate surface area is 175 Å². The van der Waals surface area contributed by atoms with Gasteiger partial charge in [0.2, 0.25) is 0 Å². The van der Waals surface area contributed by atoms with E-state index in [9.17, 15) is 4.79 Å². The highest BCUT2D eigenvalue weighted by Crippen LogP contribution is 2.19. The van der Waals surface area contributed by atoms with Crippen LogP contribution >= 0.6 is 0 Å². The van der Waals surface area contributed by atoms with Crippen LogP contribution in [0.4, 0.5) is 5.69 Å². The second-order valence-electron chi connectivity index (χ2n) is 7.13. The van der Waals surface area contributed by atoms with Gasteiger partial charge in [0.25, 0.3) is 5.91 Å². The molecule has 0 spiro atoms. The number of hydrogen-bond acceptors (Lipinski definition) is 4. The minimum Gasteiger partial charge on any atom is -0.485 e. The zero-order valence-electron chi connectivity index (χ0n) is 17.0. The first-order valence-electron chi connectivity index (χ1n) is 9.74. The maximum atomic E-state index is 12.5. The molecule has 4 aromatic rings. The number of carbonyl (C=O) groups excluding carboxylic acids is 1. The lowest BCUT2D eigenvalue weighted by Crippen LogP contribution is -2.10. The highest BCUT2D eigenvalue weighted by molar-refractivity contribution is 6.02. The zero-order valence-corrected chi connectivity index (χ0v) is 17.0. The van der Waals surface area contributed by atoms with E-state index in [2.05, 4.69) is 29.5 Å². The fourth-order valence-corrected chi connectivity index (χ4v) is 3.11. The van der Waals surface area contributed by atoms with Gasteiger partial charge in [0.05, 0.1) is 18.4 Å². The summed E-state index contributed by atoms with van der Waals surface area (Å²) in [6.45, 7) is 4.95. The molecule has 2 heterocycles. The standard InChI is InChI=1S/C24H23N3O3/c1-17-7-3-5-9-19(17)14-27-15-20(13-25-27)26-24(28)23-12-11-21(30-23)16-29-22-10-6-4-8-18(22)2/h3-13,15H,14,16H2,1-2H3,(H,26,28). The smallest absolute Gasteiger partial charge is 0.291 e. The number of ether oxygens (including phenoxy) is 1. The molecular formula is C24H23N3O3. The number of para-hydroxylation sites is 1. The quantitative estimate of drug-likeness (QED) is 0.475. The maximum Gasteiger partial charge on any atom is 0.291 e. The van der Waals surface area contributed by atoms with Gasteiger partial charge in [-0.3, -0.25) is 9.48 Å². The average molecular weight is 401 g/mol. The van der Waals surface area contributed by atoms with Crippen LogP contribution < -0.4 is 10.1 Å². The third-order valence-corrected chi connectivity index (χ3v) is 4.83. The number of rotatable bonds is 7. The second-order valence-corrected chi connectivity index (χ2v) is 7.13. The van der Waals surface area contributed by atoms with Crippen molar-refractivity contribution in [2.45, 2.75) is 27.0 Å². The minimum atomic E-state index is -0.326. The number of hydrogen-bond donors (Lipinski definition) is 1. The Balaban J connectivity index is 1.35. The molecule has 6 nitrogen and oxygen atoms in total. The SMILES string of the molecule is Cc1ccccc1Cn1cc(NC(=O)c2ccc(COc3ccccc3C)o2)cn1. The monoisotopic (exact) mass is 401 g/mol. The van der Waals surface area contributed by atoms with Gasteiger partial charge in [-0.25, -0.2) is 0 Å². The number of aromatic nitrogens is 2. The number of benzene rings is 2. The Bertz CT molecular complexity index is 1160. The van der Waals surface area contributed by atoms with Crippen LogP contribution in [0.3, 0.4) is 0 Å². The number of amides is 1. The summed E-state index contributed by atoms with van der Waals surface area (Å²) in [6, 6.07) is 19.3. The zero-order chi connectivity index (χ0) is 20.9. The lowest BCUT2D eigenvalue weighted by molar-refractivity contribution is 0.0992. The van der Waals surface area contributed by atoms with Gasteiger partial charge in [-0.1, -0.05) is 42.5 Å². The highest BCUT2D eigenvalue weighted by Gasteiger charge is 2.13. The summed E-state index contributed by atoms with van der Waals surface area (Å²) in [6.07, 6.45) is 3.43. The molecule has 4 rings (SSSR count). The predicted octanol–water partition coefficient (Wildman–Crippen LogP) is 4.97. The summed E-state index contributed by atoms with van der Waals surface area (Å²) in [5, 5.41) is 7.15. The number of furan rings is 1. The van der Waals surface area contributed by atoms with Gasteiger partial charge in [0.15, 0.2) is 5.76 Å². The normalized spacial score (nSPS) is 10.7. The fourth-order valence-electron chi connectivity index (χ4n) is 3.11. The van der Waals surface area contributed by atoms with Crippen molar-refractivity contribution in [3.05, 3.63) is 101 Å². The van der Waals surface area contributed by atoms with E-state index >= 15 is 0 Å². The molecule has 30 heavy (non-hydrogen) atoms. The first kappa shape index (κ1) is 19.5. The summed E-state index contributed by atoms with van der Waals surface area (Å²) in [5.74, 6) is 1.28. The van der Waals surface area contributed by atoms with Gasteiger partial charge in [0, 0.05) is 6.20 Å². The Morgan fingerprint density at radius 2 is 1.80 bits per heavy atom. The third kappa shape index (κ3) is 4.60. The minimum absolute atomic E-state index is 0.227. The number of carbonyl (C=O) groups is 1. The fraction of sp³-hybridized carbons (Fsp3) is 0.167. The number of nitrogens with zero attached hydrogens (tertiary/aromatic N) is 2. The summed E-state index contributed by atoms with van der Waals surface area (Å²) in [7, 11) is 0. The van der Waals surface area contributed by atoms with Crippen molar-refractivity contribution >= 4 is 11.6 Å². The van der Waals surface area contributed by atoms with E-state index in [0.29, 0.717) is 18.0 Å². The Morgan fingerprint density at radius 3 is 2.60 bits per heavy atom. The van der Waals surface area contributed by atoms with Gasteiger partial charge in [-0.2, -0.15) is 5.10 Å². The lowest BCUT2D eigenvalue weighted by Gasteiger charge is -2.06. The van der Waals surface area contributed by atoms with Crippen LogP contribution in [0, 0.1) is 13.8 Å². The van der Waals surface area contributed by atoms with Crippen LogP contribution in [-0.2, 0) is 13.2 Å². The molecule has 6 heteroatoms. The lowest BCUT2D eigenvalue weighted by atomic mass is 10.1. The number of aryl methyl sites for hydroxylation is 2.